The highest BCUT2D eigenvalue weighted by atomic mass is 32.1. The zero-order chi connectivity index (χ0) is 24.0. The molecule has 2 N–H and O–H groups in total. The molecule has 3 amide bonds. The van der Waals surface area contributed by atoms with Crippen molar-refractivity contribution < 1.29 is 27.5 Å². The van der Waals surface area contributed by atoms with Gasteiger partial charge in [-0.3, -0.25) is 4.79 Å². The summed E-state index contributed by atoms with van der Waals surface area (Å²) in [6, 6.07) is 10.4. The monoisotopic (exact) mass is 476 g/mol. The van der Waals surface area contributed by atoms with Crippen molar-refractivity contribution in [2.45, 2.75) is 25.7 Å². The maximum atomic E-state index is 12.9. The second-order valence-electron chi connectivity index (χ2n) is 6.87. The van der Waals surface area contributed by atoms with E-state index in [2.05, 4.69) is 15.4 Å². The summed E-state index contributed by atoms with van der Waals surface area (Å²) in [5, 5.41) is 17.1. The van der Waals surface area contributed by atoms with Crippen molar-refractivity contribution in [3.8, 4) is 11.9 Å². The molecule has 33 heavy (non-hydrogen) atoms. The van der Waals surface area contributed by atoms with Gasteiger partial charge in [0, 0.05) is 23.4 Å². The Bertz CT molecular complexity index is 1170. The van der Waals surface area contributed by atoms with Crippen LogP contribution in [0.1, 0.15) is 12.5 Å². The zero-order valence-electron chi connectivity index (χ0n) is 17.3. The summed E-state index contributed by atoms with van der Waals surface area (Å²) in [7, 11) is 0. The van der Waals surface area contributed by atoms with Crippen LogP contribution in [0.3, 0.4) is 0 Å². The fraction of sp³-hybridized carbons (Fsp3) is 0.227. The average Bonchev–Trinajstić information content (AvgIpc) is 3.17. The quantitative estimate of drug-likeness (QED) is 0.376. The lowest BCUT2D eigenvalue weighted by Crippen LogP contribution is -2.49. The van der Waals surface area contributed by atoms with Crippen LogP contribution in [-0.2, 0) is 11.2 Å². The van der Waals surface area contributed by atoms with Crippen LogP contribution in [0.4, 0.5) is 23.7 Å². The fourth-order valence-corrected chi connectivity index (χ4v) is 4.12. The van der Waals surface area contributed by atoms with Crippen LogP contribution in [0.5, 0.6) is 5.75 Å². The summed E-state index contributed by atoms with van der Waals surface area (Å²) < 4.78 is 41.7. The molecule has 0 aliphatic rings. The minimum atomic E-state index is -4.82. The molecule has 7 nitrogen and oxygen atoms in total. The topological polar surface area (TPSA) is 94.5 Å². The number of fused-ring (bicyclic) bond motifs is 1. The standard InChI is InChI=1S/C22H19F3N4O3S/c1-2-29(13-26)20(30)18(11-14-12-33-19-6-4-3-5-17(14)19)28-21(31)27-15-7-9-16(10-8-15)32-22(23,24)25/h3-10,12,18H,2,11H2,1H3,(H2,27,28,31). The van der Waals surface area contributed by atoms with Gasteiger partial charge in [-0.1, -0.05) is 18.2 Å². The van der Waals surface area contributed by atoms with Gasteiger partial charge in [-0.05, 0) is 53.6 Å². The van der Waals surface area contributed by atoms with E-state index in [1.165, 1.54) is 23.5 Å². The number of hydrogen-bond donors (Lipinski definition) is 2. The molecular weight excluding hydrogens is 457 g/mol. The lowest BCUT2D eigenvalue weighted by molar-refractivity contribution is -0.274. The number of thiophene rings is 1. The van der Waals surface area contributed by atoms with E-state index in [0.29, 0.717) is 0 Å². The Morgan fingerprint density at radius 1 is 1.18 bits per heavy atom. The molecular formula is C22H19F3N4O3S. The maximum absolute atomic E-state index is 12.9. The normalized spacial score (nSPS) is 12.0. The number of rotatable bonds is 7. The summed E-state index contributed by atoms with van der Waals surface area (Å²) >= 11 is 1.50. The summed E-state index contributed by atoms with van der Waals surface area (Å²) in [6.07, 6.45) is -2.86. The third kappa shape index (κ3) is 6.36. The van der Waals surface area contributed by atoms with Gasteiger partial charge in [0.1, 0.15) is 11.8 Å². The molecule has 0 saturated carbocycles. The third-order valence-corrected chi connectivity index (χ3v) is 5.65. The van der Waals surface area contributed by atoms with E-state index in [1.54, 1.807) is 13.1 Å². The van der Waals surface area contributed by atoms with Crippen LogP contribution in [0, 0.1) is 11.5 Å². The number of halogens is 3. The number of alkyl halides is 3. The first kappa shape index (κ1) is 23.9. The van der Waals surface area contributed by atoms with Gasteiger partial charge >= 0.3 is 12.4 Å². The molecule has 0 bridgehead atoms. The molecule has 1 atom stereocenters. The molecule has 1 unspecified atom stereocenters. The highest BCUT2D eigenvalue weighted by Crippen LogP contribution is 2.27. The van der Waals surface area contributed by atoms with Crippen LogP contribution >= 0.6 is 11.3 Å². The largest absolute Gasteiger partial charge is 0.573 e. The summed E-state index contributed by atoms with van der Waals surface area (Å²) in [4.78, 5) is 26.4. The van der Waals surface area contributed by atoms with E-state index in [1.807, 2.05) is 29.6 Å². The molecule has 172 valence electrons. The van der Waals surface area contributed by atoms with Gasteiger partial charge in [-0.25, -0.2) is 9.69 Å². The number of amides is 3. The summed E-state index contributed by atoms with van der Waals surface area (Å²) in [5.41, 5.74) is 1.04. The Balaban J connectivity index is 1.74. The highest BCUT2D eigenvalue weighted by molar-refractivity contribution is 7.17. The van der Waals surface area contributed by atoms with E-state index >= 15 is 0 Å². The first-order chi connectivity index (χ1) is 15.7. The predicted molar refractivity (Wildman–Crippen MR) is 118 cm³/mol. The second-order valence-corrected chi connectivity index (χ2v) is 7.78. The molecule has 0 saturated heterocycles. The Kier molecular flexibility index (Phi) is 7.40. The SMILES string of the molecule is CCN(C#N)C(=O)C(Cc1csc2ccccc12)NC(=O)Nc1ccc(OC(F)(F)F)cc1. The van der Waals surface area contributed by atoms with Crippen molar-refractivity contribution in [1.82, 2.24) is 10.2 Å². The van der Waals surface area contributed by atoms with Crippen molar-refractivity contribution in [2.75, 3.05) is 11.9 Å². The Morgan fingerprint density at radius 3 is 2.52 bits per heavy atom. The molecule has 0 aliphatic carbocycles. The number of carbonyl (C=O) groups is 2. The van der Waals surface area contributed by atoms with Gasteiger partial charge in [0.25, 0.3) is 5.91 Å². The summed E-state index contributed by atoms with van der Waals surface area (Å²) in [5.74, 6) is -1.00. The molecule has 3 rings (SSSR count). The van der Waals surface area contributed by atoms with Crippen LogP contribution in [0.25, 0.3) is 10.1 Å². The lowest BCUT2D eigenvalue weighted by Gasteiger charge is -2.22. The van der Waals surface area contributed by atoms with Crippen LogP contribution < -0.4 is 15.4 Å². The molecule has 0 aliphatic heterocycles. The van der Waals surface area contributed by atoms with Crippen molar-refractivity contribution in [3.05, 3.63) is 59.5 Å². The number of urea groups is 1. The second kappa shape index (κ2) is 10.2. The number of carbonyl (C=O) groups excluding carboxylic acids is 2. The number of ether oxygens (including phenoxy) is 1. The van der Waals surface area contributed by atoms with Gasteiger partial charge in [-0.15, -0.1) is 24.5 Å². The predicted octanol–water partition coefficient (Wildman–Crippen LogP) is 4.86. The first-order valence-corrected chi connectivity index (χ1v) is 10.7. The Labute approximate surface area is 191 Å². The van der Waals surface area contributed by atoms with Crippen molar-refractivity contribution in [3.63, 3.8) is 0 Å². The van der Waals surface area contributed by atoms with Crippen LogP contribution in [0.2, 0.25) is 0 Å². The number of anilines is 1. The van der Waals surface area contributed by atoms with Crippen LogP contribution in [-0.4, -0.2) is 35.8 Å². The number of nitriles is 1. The number of hydrogen-bond acceptors (Lipinski definition) is 5. The number of nitrogens with one attached hydrogen (secondary N) is 2. The van der Waals surface area contributed by atoms with Crippen molar-refractivity contribution in [2.24, 2.45) is 0 Å². The number of benzene rings is 2. The lowest BCUT2D eigenvalue weighted by atomic mass is 10.0. The van der Waals surface area contributed by atoms with Crippen molar-refractivity contribution in [1.29, 1.82) is 5.26 Å². The van der Waals surface area contributed by atoms with E-state index in [9.17, 15) is 28.0 Å². The Hall–Kier alpha value is -3.78. The molecule has 1 heterocycles. The number of nitrogens with zero attached hydrogens (tertiary/aromatic N) is 2. The van der Waals surface area contributed by atoms with Gasteiger partial charge in [0.15, 0.2) is 6.19 Å². The minimum Gasteiger partial charge on any atom is -0.406 e. The maximum Gasteiger partial charge on any atom is 0.573 e. The molecule has 11 heteroatoms. The molecule has 1 aromatic heterocycles. The fourth-order valence-electron chi connectivity index (χ4n) is 3.14. The first-order valence-electron chi connectivity index (χ1n) is 9.79. The Morgan fingerprint density at radius 2 is 1.88 bits per heavy atom. The van der Waals surface area contributed by atoms with Crippen LogP contribution in [0.15, 0.2) is 53.9 Å². The van der Waals surface area contributed by atoms with E-state index < -0.39 is 30.1 Å². The summed E-state index contributed by atoms with van der Waals surface area (Å²) in [6.45, 7) is 1.78. The molecule has 0 radical (unpaired) electrons. The smallest absolute Gasteiger partial charge is 0.406 e. The van der Waals surface area contributed by atoms with Gasteiger partial charge in [0.2, 0.25) is 0 Å². The molecule has 2 aromatic carbocycles. The molecule has 0 spiro atoms. The van der Waals surface area contributed by atoms with Gasteiger partial charge in [0.05, 0.1) is 0 Å². The van der Waals surface area contributed by atoms with E-state index in [0.717, 1.165) is 32.7 Å². The molecule has 3 aromatic rings. The van der Waals surface area contributed by atoms with Crippen molar-refractivity contribution >= 4 is 39.0 Å². The van der Waals surface area contributed by atoms with E-state index in [-0.39, 0.29) is 18.7 Å². The minimum absolute atomic E-state index is 0.139. The number of likely N-dealkylation sites (N-methyl/N-ethyl adjacent to an activating group) is 1. The highest BCUT2D eigenvalue weighted by Gasteiger charge is 2.31. The molecule has 0 fully saturated rings. The third-order valence-electron chi connectivity index (χ3n) is 4.64. The van der Waals surface area contributed by atoms with Gasteiger partial charge in [-0.2, -0.15) is 5.26 Å². The average molecular weight is 476 g/mol. The van der Waals surface area contributed by atoms with E-state index in [4.69, 9.17) is 0 Å². The zero-order valence-corrected chi connectivity index (χ0v) is 18.2. The van der Waals surface area contributed by atoms with Gasteiger partial charge < -0.3 is 15.4 Å².